The molecule has 0 aliphatic heterocycles. The molecule has 1 aromatic rings. The van der Waals surface area contributed by atoms with E-state index in [1.165, 1.54) is 0 Å². The van der Waals surface area contributed by atoms with E-state index in [1.807, 2.05) is 12.1 Å². The van der Waals surface area contributed by atoms with Gasteiger partial charge in [-0.2, -0.15) is 13.2 Å². The minimum Gasteiger partial charge on any atom is -0.481 e. The Hall–Kier alpha value is -2.05. The molecule has 152 valence electrons. The predicted octanol–water partition coefficient (Wildman–Crippen LogP) is 5.56. The molecule has 0 radical (unpaired) electrons. The van der Waals surface area contributed by atoms with Crippen molar-refractivity contribution >= 4 is 11.9 Å². The average molecular weight is 388 g/mol. The maximum absolute atomic E-state index is 12.0. The van der Waals surface area contributed by atoms with Crippen LogP contribution in [0.4, 0.5) is 13.2 Å². The Labute approximate surface area is 157 Å². The number of rotatable bonds is 13. The smallest absolute Gasteiger partial charge is 0.389 e. The van der Waals surface area contributed by atoms with Crippen LogP contribution in [0.5, 0.6) is 0 Å². The fourth-order valence-electron chi connectivity index (χ4n) is 2.98. The first-order valence-corrected chi connectivity index (χ1v) is 9.29. The molecule has 2 N–H and O–H groups in total. The van der Waals surface area contributed by atoms with Gasteiger partial charge in [-0.25, -0.2) is 0 Å². The van der Waals surface area contributed by atoms with Gasteiger partial charge in [0.1, 0.15) is 0 Å². The van der Waals surface area contributed by atoms with Crippen LogP contribution in [0.15, 0.2) is 24.3 Å². The molecule has 1 atom stereocenters. The van der Waals surface area contributed by atoms with Crippen molar-refractivity contribution in [1.82, 2.24) is 0 Å². The molecule has 0 saturated heterocycles. The number of carbonyl (C=O) groups is 2. The SMILES string of the molecule is O=C(O)CC(C(=O)O)c1ccc(CCCCCCCCCC(F)(F)F)cc1. The average Bonchev–Trinajstić information content (AvgIpc) is 2.57. The van der Waals surface area contributed by atoms with Crippen molar-refractivity contribution in [1.29, 1.82) is 0 Å². The number of carboxylic acids is 2. The molecule has 27 heavy (non-hydrogen) atoms. The summed E-state index contributed by atoms with van der Waals surface area (Å²) in [6.07, 6.45) is 1.17. The van der Waals surface area contributed by atoms with Crippen LogP contribution < -0.4 is 0 Å². The van der Waals surface area contributed by atoms with Crippen LogP contribution in [0.25, 0.3) is 0 Å². The molecule has 1 aromatic carbocycles. The van der Waals surface area contributed by atoms with Crippen LogP contribution in [0, 0.1) is 0 Å². The van der Waals surface area contributed by atoms with Crippen molar-refractivity contribution in [3.05, 3.63) is 35.4 Å². The zero-order valence-corrected chi connectivity index (χ0v) is 15.3. The van der Waals surface area contributed by atoms with Gasteiger partial charge >= 0.3 is 18.1 Å². The topological polar surface area (TPSA) is 74.6 Å². The summed E-state index contributed by atoms with van der Waals surface area (Å²) in [4.78, 5) is 22.0. The van der Waals surface area contributed by atoms with Crippen molar-refractivity contribution in [3.63, 3.8) is 0 Å². The van der Waals surface area contributed by atoms with Gasteiger partial charge in [-0.3, -0.25) is 9.59 Å². The minimum atomic E-state index is -4.05. The third-order valence-corrected chi connectivity index (χ3v) is 4.48. The van der Waals surface area contributed by atoms with Gasteiger partial charge in [-0.1, -0.05) is 56.4 Å². The fourth-order valence-corrected chi connectivity index (χ4v) is 2.98. The first-order valence-electron chi connectivity index (χ1n) is 9.29. The summed E-state index contributed by atoms with van der Waals surface area (Å²) in [7, 11) is 0. The summed E-state index contributed by atoms with van der Waals surface area (Å²) >= 11 is 0. The molecular formula is C20H27F3O4. The van der Waals surface area contributed by atoms with Crippen LogP contribution >= 0.6 is 0 Å². The maximum Gasteiger partial charge on any atom is 0.389 e. The van der Waals surface area contributed by atoms with Gasteiger partial charge < -0.3 is 10.2 Å². The number of carboxylic acid groups (broad SMARTS) is 2. The number of aliphatic carboxylic acids is 2. The molecule has 0 fully saturated rings. The van der Waals surface area contributed by atoms with Crippen LogP contribution in [0.3, 0.4) is 0 Å². The lowest BCUT2D eigenvalue weighted by Crippen LogP contribution is -2.15. The van der Waals surface area contributed by atoms with E-state index < -0.39 is 36.9 Å². The zero-order valence-electron chi connectivity index (χ0n) is 15.3. The van der Waals surface area contributed by atoms with Crippen molar-refractivity contribution in [3.8, 4) is 0 Å². The van der Waals surface area contributed by atoms with E-state index in [0.29, 0.717) is 12.0 Å². The summed E-state index contributed by atoms with van der Waals surface area (Å²) in [5.41, 5.74) is 1.54. The van der Waals surface area contributed by atoms with E-state index in [4.69, 9.17) is 10.2 Å². The van der Waals surface area contributed by atoms with Gasteiger partial charge in [0.05, 0.1) is 12.3 Å². The Morgan fingerprint density at radius 3 is 1.85 bits per heavy atom. The highest BCUT2D eigenvalue weighted by atomic mass is 19.4. The number of halogens is 3. The lowest BCUT2D eigenvalue weighted by molar-refractivity contribution is -0.145. The standard InChI is InChI=1S/C20H27F3O4/c21-20(22,23)13-7-5-3-1-2-4-6-8-15-9-11-16(12-10-15)17(19(26)27)14-18(24)25/h9-12,17H,1-8,13-14H2,(H,24,25)(H,26,27). The van der Waals surface area contributed by atoms with Gasteiger partial charge in [-0.05, 0) is 30.4 Å². The molecule has 4 nitrogen and oxygen atoms in total. The molecule has 0 heterocycles. The number of hydrogen-bond acceptors (Lipinski definition) is 2. The number of aryl methyl sites for hydroxylation is 1. The monoisotopic (exact) mass is 388 g/mol. The first-order chi connectivity index (χ1) is 12.7. The number of benzene rings is 1. The normalized spacial score (nSPS) is 12.7. The van der Waals surface area contributed by atoms with Crippen molar-refractivity contribution in [2.45, 2.75) is 76.3 Å². The molecular weight excluding hydrogens is 361 g/mol. The van der Waals surface area contributed by atoms with Gasteiger partial charge in [0.15, 0.2) is 0 Å². The second-order valence-corrected chi connectivity index (χ2v) is 6.82. The van der Waals surface area contributed by atoms with Gasteiger partial charge in [-0.15, -0.1) is 0 Å². The molecule has 7 heteroatoms. The Balaban J connectivity index is 2.22. The minimum absolute atomic E-state index is 0.203. The van der Waals surface area contributed by atoms with Crippen molar-refractivity contribution in [2.75, 3.05) is 0 Å². The lowest BCUT2D eigenvalue weighted by atomic mass is 9.94. The highest BCUT2D eigenvalue weighted by molar-refractivity contribution is 5.82. The number of unbranched alkanes of at least 4 members (excludes halogenated alkanes) is 6. The third kappa shape index (κ3) is 10.6. The Bertz CT molecular complexity index is 582. The van der Waals surface area contributed by atoms with E-state index in [-0.39, 0.29) is 6.42 Å². The summed E-state index contributed by atoms with van der Waals surface area (Å²) in [6, 6.07) is 6.98. The molecule has 0 bridgehead atoms. The number of hydrogen-bond donors (Lipinski definition) is 2. The predicted molar refractivity (Wildman–Crippen MR) is 95.8 cm³/mol. The van der Waals surface area contributed by atoms with E-state index in [2.05, 4.69) is 0 Å². The Kier molecular flexibility index (Phi) is 9.89. The van der Waals surface area contributed by atoms with Gasteiger partial charge in [0, 0.05) is 6.42 Å². The molecule has 0 aromatic heterocycles. The van der Waals surface area contributed by atoms with Gasteiger partial charge in [0.2, 0.25) is 0 Å². The number of alkyl halides is 3. The van der Waals surface area contributed by atoms with Crippen LogP contribution in [0.2, 0.25) is 0 Å². The maximum atomic E-state index is 12.0. The van der Waals surface area contributed by atoms with Crippen LogP contribution in [-0.2, 0) is 16.0 Å². The summed E-state index contributed by atoms with van der Waals surface area (Å²) in [5, 5.41) is 17.9. The first kappa shape index (κ1) is 23.0. The lowest BCUT2D eigenvalue weighted by Gasteiger charge is -2.11. The third-order valence-electron chi connectivity index (χ3n) is 4.48. The van der Waals surface area contributed by atoms with Crippen LogP contribution in [0.1, 0.15) is 74.8 Å². The largest absolute Gasteiger partial charge is 0.481 e. The highest BCUT2D eigenvalue weighted by Crippen LogP contribution is 2.23. The van der Waals surface area contributed by atoms with Gasteiger partial charge in [0.25, 0.3) is 0 Å². The fraction of sp³-hybridized carbons (Fsp3) is 0.600. The molecule has 0 spiro atoms. The summed E-state index contributed by atoms with van der Waals surface area (Å²) in [6.45, 7) is 0. The molecule has 0 aliphatic carbocycles. The van der Waals surface area contributed by atoms with Crippen molar-refractivity contribution in [2.24, 2.45) is 0 Å². The Morgan fingerprint density at radius 2 is 1.37 bits per heavy atom. The highest BCUT2D eigenvalue weighted by Gasteiger charge is 2.25. The molecule has 0 saturated carbocycles. The van der Waals surface area contributed by atoms with E-state index in [0.717, 1.165) is 44.1 Å². The summed E-state index contributed by atoms with van der Waals surface area (Å²) < 4.78 is 36.0. The molecule has 0 amide bonds. The van der Waals surface area contributed by atoms with Crippen LogP contribution in [-0.4, -0.2) is 28.3 Å². The van der Waals surface area contributed by atoms with E-state index in [1.54, 1.807) is 12.1 Å². The van der Waals surface area contributed by atoms with E-state index >= 15 is 0 Å². The molecule has 1 unspecified atom stereocenters. The Morgan fingerprint density at radius 1 is 0.852 bits per heavy atom. The zero-order chi connectivity index (χ0) is 20.3. The molecule has 0 aliphatic rings. The second-order valence-electron chi connectivity index (χ2n) is 6.82. The van der Waals surface area contributed by atoms with Crippen molar-refractivity contribution < 1.29 is 33.0 Å². The molecule has 1 rings (SSSR count). The quantitative estimate of drug-likeness (QED) is 0.434. The summed E-state index contributed by atoms with van der Waals surface area (Å²) in [5.74, 6) is -3.35. The van der Waals surface area contributed by atoms with E-state index in [9.17, 15) is 22.8 Å². The second kappa shape index (κ2) is 11.6.